The van der Waals surface area contributed by atoms with E-state index in [1.807, 2.05) is 0 Å². The van der Waals surface area contributed by atoms with E-state index in [1.165, 1.54) is 44.9 Å². The molecule has 0 aliphatic rings. The molecule has 0 amide bonds. The van der Waals surface area contributed by atoms with Crippen LogP contribution in [-0.2, 0) is 0 Å². The average Bonchev–Trinajstić information content (AvgIpc) is 2.21. The van der Waals surface area contributed by atoms with Gasteiger partial charge in [0.05, 0.1) is 0 Å². The van der Waals surface area contributed by atoms with Gasteiger partial charge >= 0.3 is 0 Å². The molecule has 0 atom stereocenters. The summed E-state index contributed by atoms with van der Waals surface area (Å²) in [6, 6.07) is 0. The molecule has 0 rings (SSSR count). The summed E-state index contributed by atoms with van der Waals surface area (Å²) in [5, 5.41) is 0. The highest BCUT2D eigenvalue weighted by atomic mass is 13.9. The van der Waals surface area contributed by atoms with Gasteiger partial charge in [0.25, 0.3) is 0 Å². The summed E-state index contributed by atoms with van der Waals surface area (Å²) in [5.41, 5.74) is 0. The van der Waals surface area contributed by atoms with E-state index in [2.05, 4.69) is 38.2 Å². The van der Waals surface area contributed by atoms with Gasteiger partial charge in [-0.1, -0.05) is 70.3 Å². The van der Waals surface area contributed by atoms with Crippen molar-refractivity contribution in [1.29, 1.82) is 0 Å². The lowest BCUT2D eigenvalue weighted by Crippen LogP contribution is -1.77. The molecular weight excluding hydrogens is 168 g/mol. The van der Waals surface area contributed by atoms with E-state index in [0.29, 0.717) is 0 Å². The molecule has 0 aromatic rings. The first-order chi connectivity index (χ1) is 6.91. The van der Waals surface area contributed by atoms with Crippen LogP contribution >= 0.6 is 0 Å². The molecule has 0 aromatic heterocycles. The Morgan fingerprint density at radius 1 is 0.714 bits per heavy atom. The molecule has 0 aliphatic heterocycles. The van der Waals surface area contributed by atoms with E-state index in [4.69, 9.17) is 0 Å². The molecule has 0 nitrogen and oxygen atoms in total. The molecule has 14 heavy (non-hydrogen) atoms. The Morgan fingerprint density at radius 2 is 1.36 bits per heavy atom. The molecular formula is C14H26. The molecule has 0 unspecified atom stereocenters. The van der Waals surface area contributed by atoms with Gasteiger partial charge in [-0.05, 0) is 19.3 Å². The fraction of sp³-hybridized carbons (Fsp3) is 0.714. The summed E-state index contributed by atoms with van der Waals surface area (Å²) < 4.78 is 0. The summed E-state index contributed by atoms with van der Waals surface area (Å²) in [6.45, 7) is 4.43. The van der Waals surface area contributed by atoms with Crippen LogP contribution in [0.2, 0.25) is 0 Å². The third-order valence-corrected chi connectivity index (χ3v) is 2.34. The van der Waals surface area contributed by atoms with Gasteiger partial charge in [-0.25, -0.2) is 0 Å². The second-order valence-corrected chi connectivity index (χ2v) is 3.82. The normalized spacial score (nSPS) is 11.9. The topological polar surface area (TPSA) is 0 Å². The van der Waals surface area contributed by atoms with Crippen LogP contribution in [0, 0.1) is 0 Å². The minimum absolute atomic E-state index is 1.14. The molecule has 0 heteroatoms. The summed E-state index contributed by atoms with van der Waals surface area (Å²) in [6.07, 6.45) is 19.6. The lowest BCUT2D eigenvalue weighted by Gasteiger charge is -1.97. The molecule has 0 heterocycles. The molecule has 82 valence electrons. The highest BCUT2D eigenvalue weighted by molar-refractivity contribution is 5.01. The first kappa shape index (κ1) is 13.5. The van der Waals surface area contributed by atoms with Crippen molar-refractivity contribution >= 4 is 0 Å². The van der Waals surface area contributed by atoms with Crippen LogP contribution in [0.4, 0.5) is 0 Å². The Labute approximate surface area is 90.1 Å². The van der Waals surface area contributed by atoms with Gasteiger partial charge in [0.1, 0.15) is 0 Å². The van der Waals surface area contributed by atoms with E-state index in [-0.39, 0.29) is 0 Å². The third-order valence-electron chi connectivity index (χ3n) is 2.34. The van der Waals surface area contributed by atoms with Gasteiger partial charge in [-0.3, -0.25) is 0 Å². The minimum Gasteiger partial charge on any atom is -0.0848 e. The zero-order valence-electron chi connectivity index (χ0n) is 9.97. The SMILES string of the molecule is CCC=CC=CCCCCCCCC. The molecule has 0 saturated carbocycles. The minimum atomic E-state index is 1.14. The lowest BCUT2D eigenvalue weighted by molar-refractivity contribution is 0.611. The van der Waals surface area contributed by atoms with E-state index in [9.17, 15) is 0 Å². The molecule has 0 aliphatic carbocycles. The maximum absolute atomic E-state index is 2.28. The smallest absolute Gasteiger partial charge is 0.0348 e. The number of hydrogen-bond donors (Lipinski definition) is 0. The maximum atomic E-state index is 2.28. The third kappa shape index (κ3) is 11.5. The molecule has 0 radical (unpaired) electrons. The predicted octanol–water partition coefficient (Wildman–Crippen LogP) is 5.26. The van der Waals surface area contributed by atoms with Crippen molar-refractivity contribution in [1.82, 2.24) is 0 Å². The van der Waals surface area contributed by atoms with Crippen molar-refractivity contribution in [2.24, 2.45) is 0 Å². The number of allylic oxidation sites excluding steroid dienone is 4. The van der Waals surface area contributed by atoms with Gasteiger partial charge in [0.15, 0.2) is 0 Å². The van der Waals surface area contributed by atoms with Crippen molar-refractivity contribution in [3.05, 3.63) is 24.3 Å². The van der Waals surface area contributed by atoms with Gasteiger partial charge in [-0.2, -0.15) is 0 Å². The first-order valence-corrected chi connectivity index (χ1v) is 6.23. The number of hydrogen-bond acceptors (Lipinski definition) is 0. The van der Waals surface area contributed by atoms with Crippen molar-refractivity contribution in [2.75, 3.05) is 0 Å². The van der Waals surface area contributed by atoms with Crippen molar-refractivity contribution < 1.29 is 0 Å². The molecule has 0 spiro atoms. The quantitative estimate of drug-likeness (QED) is 0.347. The zero-order chi connectivity index (χ0) is 10.5. The van der Waals surface area contributed by atoms with E-state index < -0.39 is 0 Å². The Kier molecular flexibility index (Phi) is 12.0. The van der Waals surface area contributed by atoms with Crippen LogP contribution in [0.25, 0.3) is 0 Å². The molecule has 0 N–H and O–H groups in total. The number of rotatable bonds is 9. The van der Waals surface area contributed by atoms with Crippen LogP contribution in [0.1, 0.15) is 65.2 Å². The molecule has 0 aromatic carbocycles. The summed E-state index contributed by atoms with van der Waals surface area (Å²) in [4.78, 5) is 0. The standard InChI is InChI=1S/C14H26/c1-3-5-7-9-11-13-14-12-10-8-6-4-2/h5,7,9,11H,3-4,6,8,10,12-14H2,1-2H3. The zero-order valence-corrected chi connectivity index (χ0v) is 9.97. The monoisotopic (exact) mass is 194 g/mol. The maximum Gasteiger partial charge on any atom is -0.0348 e. The van der Waals surface area contributed by atoms with Crippen molar-refractivity contribution in [3.63, 3.8) is 0 Å². The second-order valence-electron chi connectivity index (χ2n) is 3.82. The highest BCUT2D eigenvalue weighted by Gasteiger charge is 1.87. The van der Waals surface area contributed by atoms with Crippen molar-refractivity contribution in [2.45, 2.75) is 65.2 Å². The Hall–Kier alpha value is -0.520. The summed E-state index contributed by atoms with van der Waals surface area (Å²) >= 11 is 0. The molecule has 0 saturated heterocycles. The Balaban J connectivity index is 3.05. The van der Waals surface area contributed by atoms with Crippen LogP contribution < -0.4 is 0 Å². The van der Waals surface area contributed by atoms with Crippen LogP contribution in [0.15, 0.2) is 24.3 Å². The lowest BCUT2D eigenvalue weighted by atomic mass is 10.1. The first-order valence-electron chi connectivity index (χ1n) is 6.23. The Bertz CT molecular complexity index is 142. The van der Waals surface area contributed by atoms with E-state index in [1.54, 1.807) is 0 Å². The van der Waals surface area contributed by atoms with Gasteiger partial charge in [0, 0.05) is 0 Å². The Morgan fingerprint density at radius 3 is 2.07 bits per heavy atom. The molecule has 0 bridgehead atoms. The summed E-state index contributed by atoms with van der Waals surface area (Å²) in [7, 11) is 0. The molecule has 0 fully saturated rings. The highest BCUT2D eigenvalue weighted by Crippen LogP contribution is 2.07. The van der Waals surface area contributed by atoms with Crippen LogP contribution in [0.3, 0.4) is 0 Å². The fourth-order valence-corrected chi connectivity index (χ4v) is 1.43. The van der Waals surface area contributed by atoms with Gasteiger partial charge in [0.2, 0.25) is 0 Å². The predicted molar refractivity (Wildman–Crippen MR) is 66.6 cm³/mol. The summed E-state index contributed by atoms with van der Waals surface area (Å²) in [5.74, 6) is 0. The average molecular weight is 194 g/mol. The van der Waals surface area contributed by atoms with Gasteiger partial charge in [-0.15, -0.1) is 0 Å². The van der Waals surface area contributed by atoms with Crippen LogP contribution in [0.5, 0.6) is 0 Å². The fourth-order valence-electron chi connectivity index (χ4n) is 1.43. The van der Waals surface area contributed by atoms with Crippen molar-refractivity contribution in [3.8, 4) is 0 Å². The van der Waals surface area contributed by atoms with Crippen LogP contribution in [-0.4, -0.2) is 0 Å². The van der Waals surface area contributed by atoms with E-state index >= 15 is 0 Å². The second kappa shape index (κ2) is 12.5. The largest absolute Gasteiger partial charge is 0.0848 e. The number of unbranched alkanes of at least 4 members (excludes halogenated alkanes) is 6. The van der Waals surface area contributed by atoms with E-state index in [0.717, 1.165) is 6.42 Å². The van der Waals surface area contributed by atoms with Gasteiger partial charge < -0.3 is 0 Å².